The number of benzene rings is 1. The molecule has 1 N–H and O–H groups in total. The van der Waals surface area contributed by atoms with Crippen molar-refractivity contribution < 1.29 is 37.8 Å². The Kier molecular flexibility index (Phi) is 11.3. The zero-order chi connectivity index (χ0) is 30.3. The number of ether oxygens (including phenoxy) is 3. The summed E-state index contributed by atoms with van der Waals surface area (Å²) in [5.41, 5.74) is -0.610. The van der Waals surface area contributed by atoms with Gasteiger partial charge in [-0.25, -0.2) is 4.39 Å². The van der Waals surface area contributed by atoms with Gasteiger partial charge in [-0.15, -0.1) is 0 Å². The fourth-order valence-electron chi connectivity index (χ4n) is 6.11. The second-order valence-corrected chi connectivity index (χ2v) is 12.4. The number of hydrogen-bond acceptors (Lipinski definition) is 8. The van der Waals surface area contributed by atoms with Gasteiger partial charge in [0, 0.05) is 50.3 Å². The Labute approximate surface area is 247 Å². The SMILES string of the molecule is COc1ccc(CC(NC(=O)C(C)CC(=O)CN2CCOCC2)C(=O)CC(CC2CCCC2)C(=O)C2(C)CO2)c(F)c1. The van der Waals surface area contributed by atoms with E-state index in [9.17, 15) is 23.6 Å². The Bertz CT molecular complexity index is 1130. The number of halogens is 1. The second-order valence-electron chi connectivity index (χ2n) is 12.4. The molecule has 0 bridgehead atoms. The van der Waals surface area contributed by atoms with Crippen LogP contribution in [0, 0.1) is 23.6 Å². The van der Waals surface area contributed by atoms with Gasteiger partial charge in [0.1, 0.15) is 23.0 Å². The van der Waals surface area contributed by atoms with Gasteiger partial charge in [-0.05, 0) is 30.9 Å². The molecule has 4 unspecified atom stereocenters. The molecule has 3 aliphatic rings. The summed E-state index contributed by atoms with van der Waals surface area (Å²) in [6.45, 7) is 6.47. The van der Waals surface area contributed by atoms with Crippen LogP contribution in [0.4, 0.5) is 4.39 Å². The third-order valence-electron chi connectivity index (χ3n) is 8.88. The molecule has 4 rings (SSSR count). The molecule has 232 valence electrons. The van der Waals surface area contributed by atoms with Gasteiger partial charge in [0.05, 0.1) is 39.5 Å². The number of nitrogens with zero attached hydrogens (tertiary/aromatic N) is 1. The van der Waals surface area contributed by atoms with E-state index >= 15 is 0 Å². The number of epoxide rings is 1. The quantitative estimate of drug-likeness (QED) is 0.293. The van der Waals surface area contributed by atoms with Gasteiger partial charge >= 0.3 is 0 Å². The first-order valence-electron chi connectivity index (χ1n) is 15.2. The lowest BCUT2D eigenvalue weighted by Crippen LogP contribution is -2.46. The molecule has 1 amide bonds. The maximum Gasteiger partial charge on any atom is 0.223 e. The molecule has 1 aromatic rings. The van der Waals surface area contributed by atoms with Crippen molar-refractivity contribution in [3.05, 3.63) is 29.6 Å². The number of hydrogen-bond donors (Lipinski definition) is 1. The highest BCUT2D eigenvalue weighted by atomic mass is 19.1. The van der Waals surface area contributed by atoms with Gasteiger partial charge in [-0.3, -0.25) is 24.1 Å². The van der Waals surface area contributed by atoms with Gasteiger partial charge in [0.2, 0.25) is 5.91 Å². The highest BCUT2D eigenvalue weighted by Gasteiger charge is 2.50. The van der Waals surface area contributed by atoms with Crippen LogP contribution in [0.2, 0.25) is 0 Å². The van der Waals surface area contributed by atoms with E-state index in [1.807, 2.05) is 4.90 Å². The minimum absolute atomic E-state index is 0.0273. The fraction of sp³-hybridized carbons (Fsp3) is 0.688. The topological polar surface area (TPSA) is 115 Å². The molecule has 2 saturated heterocycles. The van der Waals surface area contributed by atoms with Crippen molar-refractivity contribution in [1.82, 2.24) is 10.2 Å². The van der Waals surface area contributed by atoms with Crippen molar-refractivity contribution >= 4 is 23.3 Å². The Hall–Kier alpha value is -2.69. The van der Waals surface area contributed by atoms with Gasteiger partial charge in [-0.2, -0.15) is 0 Å². The first-order valence-corrected chi connectivity index (χ1v) is 15.2. The molecule has 10 heteroatoms. The highest BCUT2D eigenvalue weighted by molar-refractivity contribution is 5.97. The van der Waals surface area contributed by atoms with E-state index in [0.717, 1.165) is 25.7 Å². The average Bonchev–Trinajstić information content (AvgIpc) is 3.51. The van der Waals surface area contributed by atoms with Crippen molar-refractivity contribution in [3.8, 4) is 5.75 Å². The number of methoxy groups -OCH3 is 1. The Balaban J connectivity index is 1.46. The lowest BCUT2D eigenvalue weighted by Gasteiger charge is -2.26. The van der Waals surface area contributed by atoms with Crippen LogP contribution in [-0.4, -0.2) is 86.4 Å². The molecule has 2 heterocycles. The Morgan fingerprint density at radius 3 is 2.45 bits per heavy atom. The Morgan fingerprint density at radius 2 is 1.83 bits per heavy atom. The number of Topliss-reactive ketones (excluding diaryl/α,β-unsaturated/α-hetero) is 3. The second kappa shape index (κ2) is 14.7. The number of amides is 1. The molecule has 1 saturated carbocycles. The lowest BCUT2D eigenvalue weighted by atomic mass is 9.81. The van der Waals surface area contributed by atoms with Crippen LogP contribution in [0.3, 0.4) is 0 Å². The monoisotopic (exact) mass is 588 g/mol. The van der Waals surface area contributed by atoms with Crippen LogP contribution in [0.1, 0.15) is 64.4 Å². The number of morpholine rings is 1. The van der Waals surface area contributed by atoms with Crippen molar-refractivity contribution in [2.75, 3.05) is 46.6 Å². The minimum atomic E-state index is -1.05. The fourth-order valence-corrected chi connectivity index (χ4v) is 6.11. The van der Waals surface area contributed by atoms with E-state index in [4.69, 9.17) is 14.2 Å². The van der Waals surface area contributed by atoms with Gasteiger partial charge in [0.25, 0.3) is 0 Å². The highest BCUT2D eigenvalue weighted by Crippen LogP contribution is 2.37. The van der Waals surface area contributed by atoms with Crippen molar-refractivity contribution in [2.24, 2.45) is 17.8 Å². The summed E-state index contributed by atoms with van der Waals surface area (Å²) in [5.74, 6) is -1.96. The summed E-state index contributed by atoms with van der Waals surface area (Å²) in [5, 5.41) is 2.81. The molecule has 42 heavy (non-hydrogen) atoms. The standard InChI is InChI=1S/C32H45FN2O7/c1-21(14-25(36)19-35-10-12-41-13-11-35)31(39)34-28(16-23-8-9-26(40-3)18-27(23)33)29(37)17-24(15-22-6-4-5-7-22)30(38)32(2)20-42-32/h8-9,18,21-22,24,28H,4-7,10-17,19-20H2,1-3H3,(H,34,39). The number of ketones is 3. The molecular weight excluding hydrogens is 543 g/mol. The predicted octanol–water partition coefficient (Wildman–Crippen LogP) is 3.30. The van der Waals surface area contributed by atoms with E-state index in [1.165, 1.54) is 19.2 Å². The van der Waals surface area contributed by atoms with Gasteiger partial charge in [0.15, 0.2) is 11.6 Å². The van der Waals surface area contributed by atoms with Crippen LogP contribution in [0.15, 0.2) is 18.2 Å². The summed E-state index contributed by atoms with van der Waals surface area (Å²) in [6, 6.07) is 3.33. The predicted molar refractivity (Wildman–Crippen MR) is 154 cm³/mol. The summed E-state index contributed by atoms with van der Waals surface area (Å²) in [7, 11) is 1.44. The molecule has 1 aliphatic carbocycles. The molecule has 4 atom stereocenters. The van der Waals surface area contributed by atoms with Crippen molar-refractivity contribution in [1.29, 1.82) is 0 Å². The van der Waals surface area contributed by atoms with Gasteiger partial charge < -0.3 is 19.5 Å². The van der Waals surface area contributed by atoms with Crippen LogP contribution in [0.25, 0.3) is 0 Å². The van der Waals surface area contributed by atoms with Crippen LogP contribution in [0.5, 0.6) is 5.75 Å². The van der Waals surface area contributed by atoms with E-state index < -0.39 is 35.2 Å². The lowest BCUT2D eigenvalue weighted by molar-refractivity contribution is -0.134. The zero-order valence-electron chi connectivity index (χ0n) is 25.1. The molecular formula is C32H45FN2O7. The van der Waals surface area contributed by atoms with Crippen LogP contribution >= 0.6 is 0 Å². The average molecular weight is 589 g/mol. The van der Waals surface area contributed by atoms with E-state index in [-0.39, 0.29) is 48.7 Å². The molecule has 3 fully saturated rings. The third kappa shape index (κ3) is 8.91. The normalized spacial score (nSPS) is 23.1. The summed E-state index contributed by atoms with van der Waals surface area (Å²) in [4.78, 5) is 55.2. The first kappa shape index (κ1) is 32.2. The summed E-state index contributed by atoms with van der Waals surface area (Å²) in [6.07, 6.45) is 4.79. The summed E-state index contributed by atoms with van der Waals surface area (Å²) >= 11 is 0. The first-order chi connectivity index (χ1) is 20.1. The van der Waals surface area contributed by atoms with E-state index in [1.54, 1.807) is 19.9 Å². The maximum atomic E-state index is 14.9. The number of carbonyl (C=O) groups excluding carboxylic acids is 4. The molecule has 0 aromatic heterocycles. The molecule has 0 spiro atoms. The van der Waals surface area contributed by atoms with Crippen molar-refractivity contribution in [3.63, 3.8) is 0 Å². The zero-order valence-corrected chi connectivity index (χ0v) is 25.1. The minimum Gasteiger partial charge on any atom is -0.497 e. The number of carbonyl (C=O) groups is 4. The van der Waals surface area contributed by atoms with Crippen LogP contribution < -0.4 is 10.1 Å². The molecule has 1 aromatic carbocycles. The number of rotatable bonds is 16. The van der Waals surface area contributed by atoms with Gasteiger partial charge in [-0.1, -0.05) is 38.7 Å². The number of nitrogens with one attached hydrogen (secondary N) is 1. The molecule has 9 nitrogen and oxygen atoms in total. The van der Waals surface area contributed by atoms with Crippen LogP contribution in [-0.2, 0) is 35.1 Å². The largest absolute Gasteiger partial charge is 0.497 e. The summed E-state index contributed by atoms with van der Waals surface area (Å²) < 4.78 is 30.8. The van der Waals surface area contributed by atoms with Crippen molar-refractivity contribution in [2.45, 2.75) is 76.9 Å². The Morgan fingerprint density at radius 1 is 1.14 bits per heavy atom. The third-order valence-corrected chi connectivity index (χ3v) is 8.88. The molecule has 0 radical (unpaired) electrons. The van der Waals surface area contributed by atoms with E-state index in [2.05, 4.69) is 5.32 Å². The van der Waals surface area contributed by atoms with E-state index in [0.29, 0.717) is 51.0 Å². The molecule has 2 aliphatic heterocycles. The maximum absolute atomic E-state index is 14.9. The smallest absolute Gasteiger partial charge is 0.223 e.